The lowest BCUT2D eigenvalue weighted by Crippen LogP contribution is -2.11. The van der Waals surface area contributed by atoms with Crippen molar-refractivity contribution in [3.05, 3.63) is 0 Å². The molecule has 0 saturated heterocycles. The number of alkyl halides is 8. The van der Waals surface area contributed by atoms with E-state index in [9.17, 15) is 0 Å². The molecule has 0 heterocycles. The van der Waals surface area contributed by atoms with E-state index < -0.39 is 7.59 Å². The summed E-state index contributed by atoms with van der Waals surface area (Å²) < 4.78 is -2.52. The maximum Gasteiger partial charge on any atom is 0.192 e. The second-order valence-corrected chi connectivity index (χ2v) is 11.4. The Balaban J connectivity index is 3.45. The molecule has 128 valence electrons. The Kier molecular flexibility index (Phi) is 13.1. The average Bonchev–Trinajstić information content (AvgIpc) is 2.22. The fourth-order valence-corrected chi connectivity index (χ4v) is 4.33. The zero-order valence-electron chi connectivity index (χ0n) is 11.5. The predicted molar refractivity (Wildman–Crippen MR) is 101 cm³/mol. The summed E-state index contributed by atoms with van der Waals surface area (Å²) in [6.07, 6.45) is 7.91. The zero-order chi connectivity index (χ0) is 16.5. The van der Waals surface area contributed by atoms with Crippen molar-refractivity contribution in [2.24, 2.45) is 0 Å². The highest BCUT2D eigenvalue weighted by Gasteiger charge is 2.24. The standard InChI is InChI=1S/C13H20Cl8/c14-10(8-12(16,17)18)6-4-2-1-3-5-7-11(15)9-13(19,20)21/h10-11H,1-9H2. The molecule has 0 saturated carbocycles. The summed E-state index contributed by atoms with van der Waals surface area (Å²) in [5.74, 6) is 0. The molecule has 0 aromatic rings. The van der Waals surface area contributed by atoms with Gasteiger partial charge in [-0.3, -0.25) is 0 Å². The van der Waals surface area contributed by atoms with E-state index >= 15 is 0 Å². The van der Waals surface area contributed by atoms with Gasteiger partial charge in [0.1, 0.15) is 0 Å². The minimum Gasteiger partial charge on any atom is -0.123 e. The van der Waals surface area contributed by atoms with Crippen molar-refractivity contribution in [1.82, 2.24) is 0 Å². The first-order valence-electron chi connectivity index (χ1n) is 6.91. The number of halogens is 8. The van der Waals surface area contributed by atoms with Gasteiger partial charge in [-0.15, -0.1) is 23.2 Å². The number of hydrogen-bond acceptors (Lipinski definition) is 0. The predicted octanol–water partition coefficient (Wildman–Crippen LogP) is 8.45. The van der Waals surface area contributed by atoms with Crippen LogP contribution in [-0.4, -0.2) is 18.3 Å². The minimum absolute atomic E-state index is 0.0889. The lowest BCUT2D eigenvalue weighted by molar-refractivity contribution is 0.552. The van der Waals surface area contributed by atoms with Gasteiger partial charge in [0, 0.05) is 23.6 Å². The number of rotatable bonds is 10. The van der Waals surface area contributed by atoms with E-state index in [0.29, 0.717) is 12.8 Å². The van der Waals surface area contributed by atoms with Crippen molar-refractivity contribution in [1.29, 1.82) is 0 Å². The summed E-state index contributed by atoms with van der Waals surface area (Å²) in [5.41, 5.74) is 0. The van der Waals surface area contributed by atoms with Crippen LogP contribution in [0.25, 0.3) is 0 Å². The zero-order valence-corrected chi connectivity index (χ0v) is 17.6. The van der Waals surface area contributed by atoms with Gasteiger partial charge < -0.3 is 0 Å². The third kappa shape index (κ3) is 18.5. The molecule has 0 spiro atoms. The first-order valence-corrected chi connectivity index (χ1v) is 10.1. The van der Waals surface area contributed by atoms with Crippen LogP contribution in [-0.2, 0) is 0 Å². The van der Waals surface area contributed by atoms with Gasteiger partial charge in [0.2, 0.25) is 0 Å². The molecule has 0 aliphatic carbocycles. The van der Waals surface area contributed by atoms with Gasteiger partial charge in [-0.05, 0) is 12.8 Å². The van der Waals surface area contributed by atoms with Crippen LogP contribution >= 0.6 is 92.8 Å². The van der Waals surface area contributed by atoms with Gasteiger partial charge in [0.05, 0.1) is 0 Å². The smallest absolute Gasteiger partial charge is 0.123 e. The quantitative estimate of drug-likeness (QED) is 0.227. The van der Waals surface area contributed by atoms with Crippen LogP contribution in [0.4, 0.5) is 0 Å². The van der Waals surface area contributed by atoms with Gasteiger partial charge in [0.15, 0.2) is 7.59 Å². The molecule has 0 nitrogen and oxygen atoms in total. The van der Waals surface area contributed by atoms with E-state index in [0.717, 1.165) is 44.9 Å². The van der Waals surface area contributed by atoms with Gasteiger partial charge in [0.25, 0.3) is 0 Å². The summed E-state index contributed by atoms with van der Waals surface area (Å²) in [5, 5.41) is -0.178. The van der Waals surface area contributed by atoms with E-state index in [1.165, 1.54) is 0 Å². The van der Waals surface area contributed by atoms with Crippen LogP contribution < -0.4 is 0 Å². The average molecular weight is 460 g/mol. The molecule has 2 unspecified atom stereocenters. The lowest BCUT2D eigenvalue weighted by Gasteiger charge is -2.16. The van der Waals surface area contributed by atoms with Gasteiger partial charge in [-0.25, -0.2) is 0 Å². The van der Waals surface area contributed by atoms with E-state index in [2.05, 4.69) is 0 Å². The summed E-state index contributed by atoms with van der Waals surface area (Å²) in [6, 6.07) is 0. The molecule has 0 N–H and O–H groups in total. The van der Waals surface area contributed by atoms with Crippen molar-refractivity contribution in [2.75, 3.05) is 0 Å². The van der Waals surface area contributed by atoms with Gasteiger partial charge >= 0.3 is 0 Å². The van der Waals surface area contributed by atoms with Crippen LogP contribution in [0.2, 0.25) is 0 Å². The molecule has 0 aromatic carbocycles. The van der Waals surface area contributed by atoms with Gasteiger partial charge in [-0.2, -0.15) is 0 Å². The largest absolute Gasteiger partial charge is 0.192 e. The molecule has 0 radical (unpaired) electrons. The fourth-order valence-electron chi connectivity index (χ4n) is 1.97. The van der Waals surface area contributed by atoms with Crippen molar-refractivity contribution in [3.63, 3.8) is 0 Å². The highest BCUT2D eigenvalue weighted by molar-refractivity contribution is 6.68. The normalized spacial score (nSPS) is 16.0. The second kappa shape index (κ2) is 11.8. The van der Waals surface area contributed by atoms with Crippen LogP contribution in [0.1, 0.15) is 57.8 Å². The van der Waals surface area contributed by atoms with E-state index in [4.69, 9.17) is 92.8 Å². The second-order valence-electron chi connectivity index (χ2n) is 5.18. The van der Waals surface area contributed by atoms with E-state index in [-0.39, 0.29) is 10.8 Å². The molecule has 0 aliphatic rings. The molecule has 0 rings (SSSR count). The molecule has 0 amide bonds. The van der Waals surface area contributed by atoms with E-state index in [1.54, 1.807) is 0 Å². The molecule has 2 atom stereocenters. The highest BCUT2D eigenvalue weighted by Crippen LogP contribution is 2.35. The number of hydrogen-bond donors (Lipinski definition) is 0. The van der Waals surface area contributed by atoms with Gasteiger partial charge in [-0.1, -0.05) is 102 Å². The Labute approximate surface area is 168 Å². The summed E-state index contributed by atoms with van der Waals surface area (Å²) >= 11 is 46.3. The Hall–Kier alpha value is 2.32. The molecule has 0 bridgehead atoms. The summed E-state index contributed by atoms with van der Waals surface area (Å²) in [4.78, 5) is 0. The molecule has 0 aliphatic heterocycles. The van der Waals surface area contributed by atoms with Crippen molar-refractivity contribution in [3.8, 4) is 0 Å². The Morgan fingerprint density at radius 1 is 0.524 bits per heavy atom. The summed E-state index contributed by atoms with van der Waals surface area (Å²) in [6.45, 7) is 0. The monoisotopic (exact) mass is 456 g/mol. The first kappa shape index (κ1) is 23.3. The summed E-state index contributed by atoms with van der Waals surface area (Å²) in [7, 11) is 0. The molecular formula is C13H20Cl8. The number of unbranched alkanes of at least 4 members (excludes halogenated alkanes) is 4. The van der Waals surface area contributed by atoms with Crippen molar-refractivity contribution < 1.29 is 0 Å². The minimum atomic E-state index is -1.26. The fraction of sp³-hybridized carbons (Fsp3) is 1.00. The Bertz CT molecular complexity index is 232. The molecule has 0 fully saturated rings. The van der Waals surface area contributed by atoms with Crippen molar-refractivity contribution in [2.45, 2.75) is 76.1 Å². The SMILES string of the molecule is ClC(CCCCCCCC(Cl)CC(Cl)(Cl)Cl)CC(Cl)(Cl)Cl. The van der Waals surface area contributed by atoms with Crippen LogP contribution in [0, 0.1) is 0 Å². The van der Waals surface area contributed by atoms with Crippen LogP contribution in [0.15, 0.2) is 0 Å². The highest BCUT2D eigenvalue weighted by atomic mass is 35.6. The maximum atomic E-state index is 6.10. The Morgan fingerprint density at radius 3 is 1.10 bits per heavy atom. The Morgan fingerprint density at radius 2 is 0.810 bits per heavy atom. The molecule has 0 aromatic heterocycles. The molecule has 8 heteroatoms. The van der Waals surface area contributed by atoms with Crippen molar-refractivity contribution >= 4 is 92.8 Å². The third-order valence-corrected chi connectivity index (χ3v) is 4.61. The molecule has 21 heavy (non-hydrogen) atoms. The molecular weight excluding hydrogens is 440 g/mol. The first-order chi connectivity index (χ1) is 9.49. The maximum absolute atomic E-state index is 6.10. The topological polar surface area (TPSA) is 0 Å². The third-order valence-electron chi connectivity index (χ3n) is 2.94. The van der Waals surface area contributed by atoms with Crippen LogP contribution in [0.3, 0.4) is 0 Å². The van der Waals surface area contributed by atoms with Crippen LogP contribution in [0.5, 0.6) is 0 Å². The lowest BCUT2D eigenvalue weighted by atomic mass is 10.1. The van der Waals surface area contributed by atoms with E-state index in [1.807, 2.05) is 0 Å².